The molecule has 2 heterocycles. The predicted molar refractivity (Wildman–Crippen MR) is 213 cm³/mol. The van der Waals surface area contributed by atoms with Gasteiger partial charge in [-0.3, -0.25) is 0 Å². The van der Waals surface area contributed by atoms with Crippen molar-refractivity contribution < 1.29 is 0 Å². The van der Waals surface area contributed by atoms with E-state index < -0.39 is 5.41 Å². The Morgan fingerprint density at radius 2 is 0.942 bits per heavy atom. The monoisotopic (exact) mass is 679 g/mol. The molecule has 0 fully saturated rings. The fourth-order valence-corrected chi connectivity index (χ4v) is 9.94. The molecular weight excluding hydrogens is 651 g/mol. The largest absolute Gasteiger partial charge is 0.208 e. The van der Waals surface area contributed by atoms with Crippen molar-refractivity contribution >= 4 is 33.3 Å². The number of rotatable bonds is 3. The topological polar surface area (TPSA) is 38.7 Å². The second kappa shape index (κ2) is 11.3. The Hall–Kier alpha value is -6.36. The normalized spacial score (nSPS) is 13.5. The van der Waals surface area contributed by atoms with Gasteiger partial charge >= 0.3 is 0 Å². The smallest absolute Gasteiger partial charge is 0.165 e. The average molecular weight is 680 g/mol. The minimum atomic E-state index is -0.517. The van der Waals surface area contributed by atoms with Crippen LogP contribution in [0.25, 0.3) is 66.8 Å². The molecule has 0 bridgehead atoms. The zero-order valence-corrected chi connectivity index (χ0v) is 28.8. The van der Waals surface area contributed by atoms with E-state index in [1.165, 1.54) is 43.2 Å². The minimum absolute atomic E-state index is 0.517. The van der Waals surface area contributed by atoms with Crippen molar-refractivity contribution in [3.05, 3.63) is 198 Å². The maximum Gasteiger partial charge on any atom is 0.165 e. The summed E-state index contributed by atoms with van der Waals surface area (Å²) in [5, 5.41) is 4.55. The van der Waals surface area contributed by atoms with Gasteiger partial charge in [-0.25, -0.2) is 15.0 Å². The van der Waals surface area contributed by atoms with E-state index >= 15 is 0 Å². The Labute approximate surface area is 305 Å². The van der Waals surface area contributed by atoms with Crippen molar-refractivity contribution in [1.29, 1.82) is 0 Å². The van der Waals surface area contributed by atoms with E-state index in [4.69, 9.17) is 15.0 Å². The maximum atomic E-state index is 5.43. The molecule has 0 unspecified atom stereocenters. The lowest BCUT2D eigenvalue weighted by molar-refractivity contribution is 0.724. The highest BCUT2D eigenvalue weighted by Crippen LogP contribution is 2.63. The Morgan fingerprint density at radius 1 is 0.385 bits per heavy atom. The summed E-state index contributed by atoms with van der Waals surface area (Å²) in [4.78, 5) is 18.4. The zero-order valence-electron chi connectivity index (χ0n) is 28.0. The van der Waals surface area contributed by atoms with Gasteiger partial charge in [0.1, 0.15) is 0 Å². The van der Waals surface area contributed by atoms with Crippen LogP contribution in [-0.4, -0.2) is 15.0 Å². The summed E-state index contributed by atoms with van der Waals surface area (Å²) in [5.41, 5.74) is 10.2. The zero-order chi connectivity index (χ0) is 34.2. The molecule has 242 valence electrons. The molecule has 2 aliphatic rings. The van der Waals surface area contributed by atoms with Gasteiger partial charge in [0, 0.05) is 26.5 Å². The quantitative estimate of drug-likeness (QED) is 0.186. The molecule has 4 heteroatoms. The van der Waals surface area contributed by atoms with Gasteiger partial charge in [0.25, 0.3) is 0 Å². The lowest BCUT2D eigenvalue weighted by Gasteiger charge is -2.40. The summed E-state index contributed by atoms with van der Waals surface area (Å²) in [6.45, 7) is 0. The molecule has 1 aliphatic heterocycles. The van der Waals surface area contributed by atoms with E-state index in [9.17, 15) is 0 Å². The van der Waals surface area contributed by atoms with Crippen LogP contribution in [0.15, 0.2) is 186 Å². The van der Waals surface area contributed by atoms with E-state index in [2.05, 4.69) is 158 Å². The van der Waals surface area contributed by atoms with E-state index in [1.54, 1.807) is 0 Å². The highest BCUT2D eigenvalue weighted by molar-refractivity contribution is 7.99. The lowest BCUT2D eigenvalue weighted by Crippen LogP contribution is -2.32. The Balaban J connectivity index is 1.29. The summed E-state index contributed by atoms with van der Waals surface area (Å²) in [7, 11) is 0. The highest BCUT2D eigenvalue weighted by Gasteiger charge is 2.51. The van der Waals surface area contributed by atoms with Crippen molar-refractivity contribution in [1.82, 2.24) is 15.0 Å². The summed E-state index contributed by atoms with van der Waals surface area (Å²) < 4.78 is 0. The number of aromatic nitrogens is 3. The third kappa shape index (κ3) is 4.13. The van der Waals surface area contributed by atoms with E-state index in [0.717, 1.165) is 38.2 Å². The molecule has 1 aromatic heterocycles. The van der Waals surface area contributed by atoms with Gasteiger partial charge in [0.2, 0.25) is 0 Å². The molecule has 0 N–H and O–H groups in total. The molecule has 0 amide bonds. The fourth-order valence-electron chi connectivity index (χ4n) is 8.62. The Bertz CT molecular complexity index is 2850. The summed E-state index contributed by atoms with van der Waals surface area (Å²) in [5.74, 6) is 1.99. The molecule has 1 aliphatic carbocycles. The summed E-state index contributed by atoms with van der Waals surface area (Å²) >= 11 is 1.83. The van der Waals surface area contributed by atoms with Gasteiger partial charge in [-0.05, 0) is 67.1 Å². The number of hydrogen-bond acceptors (Lipinski definition) is 4. The second-order valence-electron chi connectivity index (χ2n) is 13.5. The summed E-state index contributed by atoms with van der Waals surface area (Å²) in [6, 6.07) is 63.1. The van der Waals surface area contributed by atoms with Crippen LogP contribution < -0.4 is 0 Å². The molecule has 11 rings (SSSR count). The van der Waals surface area contributed by atoms with Crippen LogP contribution in [0, 0.1) is 0 Å². The van der Waals surface area contributed by atoms with Gasteiger partial charge in [0.15, 0.2) is 17.5 Å². The van der Waals surface area contributed by atoms with Crippen LogP contribution in [0.4, 0.5) is 0 Å². The van der Waals surface area contributed by atoms with Gasteiger partial charge in [0.05, 0.1) is 5.41 Å². The summed E-state index contributed by atoms with van der Waals surface area (Å²) in [6.07, 6.45) is 0. The van der Waals surface area contributed by atoms with Crippen molar-refractivity contribution in [2.45, 2.75) is 15.2 Å². The molecule has 1 spiro atoms. The van der Waals surface area contributed by atoms with Gasteiger partial charge < -0.3 is 0 Å². The van der Waals surface area contributed by atoms with Crippen molar-refractivity contribution in [3.63, 3.8) is 0 Å². The van der Waals surface area contributed by atoms with E-state index in [0.29, 0.717) is 17.5 Å². The molecule has 0 atom stereocenters. The van der Waals surface area contributed by atoms with Crippen LogP contribution in [-0.2, 0) is 5.41 Å². The number of hydrogen-bond donors (Lipinski definition) is 0. The SMILES string of the molecule is c1ccc(-c2nc(-c3cccc4ccccc34)nc(-c3c4c(cc5ccccc35)C3(c5ccccc5S4)c4ccccc4-c4ccccc43)n2)cc1. The van der Waals surface area contributed by atoms with E-state index in [1.807, 2.05) is 30.0 Å². The Kier molecular flexibility index (Phi) is 6.40. The molecule has 52 heavy (non-hydrogen) atoms. The Morgan fingerprint density at radius 3 is 1.73 bits per heavy atom. The minimum Gasteiger partial charge on any atom is -0.208 e. The molecule has 9 aromatic rings. The predicted octanol–water partition coefficient (Wildman–Crippen LogP) is 12.0. The van der Waals surface area contributed by atoms with Crippen molar-refractivity contribution in [2.75, 3.05) is 0 Å². The van der Waals surface area contributed by atoms with Crippen LogP contribution in [0.5, 0.6) is 0 Å². The van der Waals surface area contributed by atoms with Gasteiger partial charge in [-0.2, -0.15) is 0 Å². The molecule has 3 nitrogen and oxygen atoms in total. The fraction of sp³-hybridized carbons (Fsp3) is 0.0208. The molecule has 8 aromatic carbocycles. The third-order valence-corrected chi connectivity index (χ3v) is 12.0. The average Bonchev–Trinajstić information content (AvgIpc) is 3.51. The molecular formula is C48H29N3S. The first kappa shape index (κ1) is 29.4. The van der Waals surface area contributed by atoms with Crippen molar-refractivity contribution in [3.8, 4) is 45.3 Å². The van der Waals surface area contributed by atoms with Gasteiger partial charge in [-0.15, -0.1) is 0 Å². The third-order valence-electron chi connectivity index (χ3n) is 10.8. The van der Waals surface area contributed by atoms with Crippen LogP contribution in [0.2, 0.25) is 0 Å². The molecule has 0 saturated heterocycles. The van der Waals surface area contributed by atoms with Crippen LogP contribution in [0.1, 0.15) is 22.3 Å². The van der Waals surface area contributed by atoms with Gasteiger partial charge in [-0.1, -0.05) is 176 Å². The standard InChI is InChI=1S/C48H29N3S/c1-2-16-31(17-3-1)45-49-46(37-24-14-19-30-15-4-6-20-33(30)37)51-47(50-45)43-34-21-7-5-18-32(34)29-41-44(43)52-42-28-13-12-27-40(42)48(41)38-25-10-8-22-35(38)36-23-9-11-26-39(36)48/h1-29H. The maximum absolute atomic E-state index is 5.43. The number of nitrogens with zero attached hydrogens (tertiary/aromatic N) is 3. The molecule has 0 saturated carbocycles. The first-order valence-corrected chi connectivity index (χ1v) is 18.4. The number of fused-ring (bicyclic) bond motifs is 11. The number of benzene rings is 8. The highest BCUT2D eigenvalue weighted by atomic mass is 32.2. The second-order valence-corrected chi connectivity index (χ2v) is 14.5. The van der Waals surface area contributed by atoms with Crippen LogP contribution >= 0.6 is 11.8 Å². The molecule has 0 radical (unpaired) electrons. The first-order chi connectivity index (χ1) is 25.8. The lowest BCUT2D eigenvalue weighted by atomic mass is 9.66. The van der Waals surface area contributed by atoms with Crippen molar-refractivity contribution in [2.24, 2.45) is 0 Å². The first-order valence-electron chi connectivity index (χ1n) is 17.6. The van der Waals surface area contributed by atoms with Crippen LogP contribution in [0.3, 0.4) is 0 Å². The van der Waals surface area contributed by atoms with E-state index in [-0.39, 0.29) is 0 Å².